The molecule has 4 aromatic rings. The quantitative estimate of drug-likeness (QED) is 0.465. The lowest BCUT2D eigenvalue weighted by atomic mass is 9.88. The minimum Gasteiger partial charge on any atom is -0.354 e. The molecule has 138 valence electrons. The molecule has 1 saturated heterocycles. The summed E-state index contributed by atoms with van der Waals surface area (Å²) in [6, 6.07) is 11.2. The van der Waals surface area contributed by atoms with Gasteiger partial charge in [0.05, 0.1) is 5.69 Å². The fourth-order valence-corrected chi connectivity index (χ4v) is 4.61. The third-order valence-electron chi connectivity index (χ3n) is 5.97. The van der Waals surface area contributed by atoms with Crippen molar-refractivity contribution in [3.05, 3.63) is 53.9 Å². The highest BCUT2D eigenvalue weighted by Crippen LogP contribution is 2.39. The SMILES string of the molecule is CC(C)c1c(-c2c[nH]c3ncccc23)[nH]c2ccc(C3CCNCC3)cc12. The number of hydrogen-bond acceptors (Lipinski definition) is 2. The van der Waals surface area contributed by atoms with Crippen molar-refractivity contribution in [3.63, 3.8) is 0 Å². The average Bonchev–Trinajstić information content (AvgIpc) is 3.29. The predicted molar refractivity (Wildman–Crippen MR) is 112 cm³/mol. The number of piperidine rings is 1. The van der Waals surface area contributed by atoms with Gasteiger partial charge < -0.3 is 15.3 Å². The van der Waals surface area contributed by atoms with Gasteiger partial charge in [-0.25, -0.2) is 4.98 Å². The number of aromatic nitrogens is 3. The molecule has 27 heavy (non-hydrogen) atoms. The van der Waals surface area contributed by atoms with Crippen molar-refractivity contribution in [2.75, 3.05) is 13.1 Å². The zero-order valence-electron chi connectivity index (χ0n) is 16.0. The molecule has 4 heterocycles. The Morgan fingerprint density at radius 2 is 1.93 bits per heavy atom. The number of rotatable bonds is 3. The molecule has 5 rings (SSSR count). The van der Waals surface area contributed by atoms with Crippen LogP contribution in [0.5, 0.6) is 0 Å². The second kappa shape index (κ2) is 6.54. The minimum absolute atomic E-state index is 0.443. The van der Waals surface area contributed by atoms with Gasteiger partial charge in [-0.05, 0) is 73.2 Å². The lowest BCUT2D eigenvalue weighted by molar-refractivity contribution is 0.460. The summed E-state index contributed by atoms with van der Waals surface area (Å²) in [7, 11) is 0. The van der Waals surface area contributed by atoms with Crippen LogP contribution in [-0.2, 0) is 0 Å². The standard InChI is InChI=1S/C23H26N4/c1-14(2)21-18-12-16(15-7-10-24-11-8-15)5-6-20(18)27-22(21)19-13-26-23-17(19)4-3-9-25-23/h3-6,9,12-15,24,27H,7-8,10-11H2,1-2H3,(H,25,26). The fraction of sp³-hybridized carbons (Fsp3) is 0.348. The zero-order valence-corrected chi connectivity index (χ0v) is 16.0. The first-order chi connectivity index (χ1) is 13.2. The Hall–Kier alpha value is -2.59. The van der Waals surface area contributed by atoms with Crippen molar-refractivity contribution < 1.29 is 0 Å². The van der Waals surface area contributed by atoms with E-state index in [0.29, 0.717) is 11.8 Å². The van der Waals surface area contributed by atoms with Crippen LogP contribution in [-0.4, -0.2) is 28.0 Å². The Bertz CT molecular complexity index is 1100. The number of pyridine rings is 1. The van der Waals surface area contributed by atoms with Crippen molar-refractivity contribution >= 4 is 21.9 Å². The van der Waals surface area contributed by atoms with Crippen LogP contribution in [0.1, 0.15) is 49.7 Å². The molecule has 0 unspecified atom stereocenters. The van der Waals surface area contributed by atoms with E-state index in [2.05, 4.69) is 64.6 Å². The second-order valence-corrected chi connectivity index (χ2v) is 8.00. The van der Waals surface area contributed by atoms with Crippen molar-refractivity contribution in [1.82, 2.24) is 20.3 Å². The van der Waals surface area contributed by atoms with Crippen molar-refractivity contribution in [3.8, 4) is 11.3 Å². The van der Waals surface area contributed by atoms with Gasteiger partial charge in [-0.1, -0.05) is 19.9 Å². The first kappa shape index (κ1) is 16.6. The Morgan fingerprint density at radius 3 is 2.74 bits per heavy atom. The van der Waals surface area contributed by atoms with Crippen LogP contribution in [0.2, 0.25) is 0 Å². The van der Waals surface area contributed by atoms with E-state index < -0.39 is 0 Å². The fourth-order valence-electron chi connectivity index (χ4n) is 4.61. The van der Waals surface area contributed by atoms with Crippen LogP contribution in [0.25, 0.3) is 33.2 Å². The number of hydrogen-bond donors (Lipinski definition) is 3. The van der Waals surface area contributed by atoms with Crippen molar-refractivity contribution in [1.29, 1.82) is 0 Å². The first-order valence-corrected chi connectivity index (χ1v) is 10.0. The third kappa shape index (κ3) is 2.76. The van der Waals surface area contributed by atoms with E-state index in [0.717, 1.165) is 18.7 Å². The van der Waals surface area contributed by atoms with Crippen molar-refractivity contribution in [2.45, 2.75) is 38.5 Å². The van der Waals surface area contributed by atoms with Gasteiger partial charge in [0.1, 0.15) is 5.65 Å². The molecule has 0 saturated carbocycles. The number of benzene rings is 1. The van der Waals surface area contributed by atoms with Gasteiger partial charge in [-0.3, -0.25) is 0 Å². The van der Waals surface area contributed by atoms with Gasteiger partial charge in [-0.15, -0.1) is 0 Å². The van der Waals surface area contributed by atoms with E-state index in [1.54, 1.807) is 0 Å². The van der Waals surface area contributed by atoms with Crippen LogP contribution in [0, 0.1) is 0 Å². The van der Waals surface area contributed by atoms with Crippen LogP contribution < -0.4 is 5.32 Å². The maximum Gasteiger partial charge on any atom is 0.137 e. The van der Waals surface area contributed by atoms with Gasteiger partial charge in [-0.2, -0.15) is 0 Å². The Labute approximate surface area is 159 Å². The minimum atomic E-state index is 0.443. The van der Waals surface area contributed by atoms with Gasteiger partial charge in [0.25, 0.3) is 0 Å². The molecule has 0 bridgehead atoms. The molecule has 0 spiro atoms. The molecule has 1 fully saturated rings. The van der Waals surface area contributed by atoms with Gasteiger partial charge in [0, 0.05) is 34.2 Å². The molecule has 0 radical (unpaired) electrons. The summed E-state index contributed by atoms with van der Waals surface area (Å²) < 4.78 is 0. The summed E-state index contributed by atoms with van der Waals surface area (Å²) in [6.07, 6.45) is 6.38. The molecule has 0 amide bonds. The summed E-state index contributed by atoms with van der Waals surface area (Å²) in [5.74, 6) is 1.12. The van der Waals surface area contributed by atoms with Gasteiger partial charge in [0.15, 0.2) is 0 Å². The Balaban J connectivity index is 1.69. The molecule has 3 aromatic heterocycles. The monoisotopic (exact) mass is 358 g/mol. The third-order valence-corrected chi connectivity index (χ3v) is 5.97. The summed E-state index contributed by atoms with van der Waals surface area (Å²) in [5.41, 5.74) is 7.49. The largest absolute Gasteiger partial charge is 0.354 e. The lowest BCUT2D eigenvalue weighted by Gasteiger charge is -2.23. The topological polar surface area (TPSA) is 56.5 Å². The molecule has 4 heteroatoms. The molecular formula is C23H26N4. The van der Waals surface area contributed by atoms with Crippen LogP contribution >= 0.6 is 0 Å². The zero-order chi connectivity index (χ0) is 18.4. The van der Waals surface area contributed by atoms with Crippen molar-refractivity contribution in [2.24, 2.45) is 0 Å². The van der Waals surface area contributed by atoms with Crippen LogP contribution in [0.3, 0.4) is 0 Å². The highest BCUT2D eigenvalue weighted by molar-refractivity contribution is 5.99. The maximum absolute atomic E-state index is 4.46. The van der Waals surface area contributed by atoms with E-state index in [1.165, 1.54) is 51.5 Å². The van der Waals surface area contributed by atoms with Crippen LogP contribution in [0.15, 0.2) is 42.7 Å². The lowest BCUT2D eigenvalue weighted by Crippen LogP contribution is -2.26. The Morgan fingerprint density at radius 1 is 1.07 bits per heavy atom. The summed E-state index contributed by atoms with van der Waals surface area (Å²) in [4.78, 5) is 11.5. The van der Waals surface area contributed by atoms with E-state index in [1.807, 2.05) is 12.3 Å². The highest BCUT2D eigenvalue weighted by Gasteiger charge is 2.21. The summed E-state index contributed by atoms with van der Waals surface area (Å²) in [6.45, 7) is 6.83. The van der Waals surface area contributed by atoms with Gasteiger partial charge in [0.2, 0.25) is 0 Å². The second-order valence-electron chi connectivity index (χ2n) is 8.00. The molecule has 0 atom stereocenters. The number of aromatic amines is 2. The number of H-pyrrole nitrogens is 2. The van der Waals surface area contributed by atoms with E-state index >= 15 is 0 Å². The van der Waals surface area contributed by atoms with E-state index in [4.69, 9.17) is 0 Å². The Kier molecular flexibility index (Phi) is 4.01. The molecule has 3 N–H and O–H groups in total. The molecule has 1 aromatic carbocycles. The molecular weight excluding hydrogens is 332 g/mol. The molecule has 0 aliphatic carbocycles. The summed E-state index contributed by atoms with van der Waals surface area (Å²) in [5, 5.41) is 6.02. The maximum atomic E-state index is 4.46. The normalized spacial score (nSPS) is 16.0. The molecule has 1 aliphatic rings. The van der Waals surface area contributed by atoms with E-state index in [-0.39, 0.29) is 0 Å². The highest BCUT2D eigenvalue weighted by atomic mass is 14.9. The number of nitrogens with one attached hydrogen (secondary N) is 3. The first-order valence-electron chi connectivity index (χ1n) is 10.0. The smallest absolute Gasteiger partial charge is 0.137 e. The number of fused-ring (bicyclic) bond motifs is 2. The number of nitrogens with zero attached hydrogens (tertiary/aromatic N) is 1. The van der Waals surface area contributed by atoms with Crippen LogP contribution in [0.4, 0.5) is 0 Å². The molecule has 1 aliphatic heterocycles. The summed E-state index contributed by atoms with van der Waals surface area (Å²) >= 11 is 0. The molecule has 4 nitrogen and oxygen atoms in total. The van der Waals surface area contributed by atoms with E-state index in [9.17, 15) is 0 Å². The van der Waals surface area contributed by atoms with Gasteiger partial charge >= 0.3 is 0 Å². The predicted octanol–water partition coefficient (Wildman–Crippen LogP) is 5.30. The average molecular weight is 358 g/mol.